The number of carbonyl (C=O) groups excluding carboxylic acids is 2. The zero-order valence-corrected chi connectivity index (χ0v) is 20.8. The molecule has 0 atom stereocenters. The van der Waals surface area contributed by atoms with Crippen molar-refractivity contribution in [1.29, 1.82) is 0 Å². The minimum Gasteiger partial charge on any atom is -0.497 e. The SMILES string of the molecule is COc1ccc(NS(=O)(=O)c2cc(C(=O)NNC(=O)c3ccc4c(c3)OCO4)ccc2OC)c(OC)c1. The van der Waals surface area contributed by atoms with Gasteiger partial charge in [0.25, 0.3) is 21.8 Å². The van der Waals surface area contributed by atoms with Crippen LogP contribution in [-0.2, 0) is 10.0 Å². The number of benzene rings is 3. The van der Waals surface area contributed by atoms with E-state index in [0.717, 1.165) is 6.07 Å². The van der Waals surface area contributed by atoms with Crippen LogP contribution >= 0.6 is 0 Å². The second kappa shape index (κ2) is 10.5. The van der Waals surface area contributed by atoms with Crippen LogP contribution in [0.4, 0.5) is 5.69 Å². The van der Waals surface area contributed by atoms with E-state index in [1.54, 1.807) is 12.1 Å². The first-order chi connectivity index (χ1) is 17.7. The van der Waals surface area contributed by atoms with Gasteiger partial charge in [-0.25, -0.2) is 8.42 Å². The summed E-state index contributed by atoms with van der Waals surface area (Å²) in [4.78, 5) is 24.9. The molecule has 1 aliphatic heterocycles. The first kappa shape index (κ1) is 25.4. The Morgan fingerprint density at radius 2 is 1.41 bits per heavy atom. The Hall–Kier alpha value is -4.65. The average molecular weight is 530 g/mol. The lowest BCUT2D eigenvalue weighted by Gasteiger charge is -2.15. The lowest BCUT2D eigenvalue weighted by Crippen LogP contribution is -2.41. The molecule has 194 valence electrons. The minimum absolute atomic E-state index is 0.000856. The quantitative estimate of drug-likeness (QED) is 0.374. The van der Waals surface area contributed by atoms with Crippen LogP contribution in [0.1, 0.15) is 20.7 Å². The summed E-state index contributed by atoms with van der Waals surface area (Å²) in [6.45, 7) is 0.0555. The van der Waals surface area contributed by atoms with Crippen molar-refractivity contribution in [3.63, 3.8) is 0 Å². The summed E-state index contributed by atoms with van der Waals surface area (Å²) < 4.78 is 54.9. The maximum absolute atomic E-state index is 13.2. The Labute approximate surface area is 212 Å². The Kier molecular flexibility index (Phi) is 7.25. The monoisotopic (exact) mass is 529 g/mol. The molecule has 1 heterocycles. The van der Waals surface area contributed by atoms with Gasteiger partial charge in [0.15, 0.2) is 11.5 Å². The standard InChI is InChI=1S/C24H23N3O9S/c1-32-16-6-7-17(20(12-16)34-3)27-37(30,31)22-11-15(5-9-19(22)33-2)24(29)26-25-23(28)14-4-8-18-21(10-14)36-13-35-18/h4-12,27H,13H2,1-3H3,(H,25,28)(H,26,29). The summed E-state index contributed by atoms with van der Waals surface area (Å²) in [6.07, 6.45) is 0. The highest BCUT2D eigenvalue weighted by Crippen LogP contribution is 2.34. The number of hydrazine groups is 1. The normalized spacial score (nSPS) is 11.9. The number of nitrogens with one attached hydrogen (secondary N) is 3. The van der Waals surface area contributed by atoms with Crippen molar-refractivity contribution < 1.29 is 41.7 Å². The van der Waals surface area contributed by atoms with Crippen molar-refractivity contribution in [2.75, 3.05) is 32.8 Å². The molecule has 0 unspecified atom stereocenters. The van der Waals surface area contributed by atoms with Crippen LogP contribution in [0.25, 0.3) is 0 Å². The van der Waals surface area contributed by atoms with Crippen LogP contribution in [0.5, 0.6) is 28.7 Å². The van der Waals surface area contributed by atoms with Crippen LogP contribution < -0.4 is 39.3 Å². The molecule has 13 heteroatoms. The summed E-state index contributed by atoms with van der Waals surface area (Å²) in [5, 5.41) is 0. The fourth-order valence-electron chi connectivity index (χ4n) is 3.41. The topological polar surface area (TPSA) is 151 Å². The van der Waals surface area contributed by atoms with Crippen LogP contribution in [-0.4, -0.2) is 48.4 Å². The fraction of sp³-hybridized carbons (Fsp3) is 0.167. The average Bonchev–Trinajstić information content (AvgIpc) is 3.39. The second-order valence-corrected chi connectivity index (χ2v) is 9.16. The molecule has 3 N–H and O–H groups in total. The molecule has 0 aromatic heterocycles. The molecule has 0 saturated carbocycles. The lowest BCUT2D eigenvalue weighted by molar-refractivity contribution is 0.0846. The van der Waals surface area contributed by atoms with Crippen molar-refractivity contribution in [3.8, 4) is 28.7 Å². The third kappa shape index (κ3) is 5.46. The predicted molar refractivity (Wildman–Crippen MR) is 131 cm³/mol. The van der Waals surface area contributed by atoms with E-state index in [2.05, 4.69) is 15.6 Å². The van der Waals surface area contributed by atoms with Gasteiger partial charge in [-0.1, -0.05) is 0 Å². The van der Waals surface area contributed by atoms with Crippen LogP contribution in [0.3, 0.4) is 0 Å². The third-order valence-electron chi connectivity index (χ3n) is 5.29. The van der Waals surface area contributed by atoms with E-state index in [9.17, 15) is 18.0 Å². The van der Waals surface area contributed by atoms with Gasteiger partial charge in [-0.05, 0) is 48.5 Å². The zero-order chi connectivity index (χ0) is 26.6. The van der Waals surface area contributed by atoms with Gasteiger partial charge in [-0.2, -0.15) is 0 Å². The fourth-order valence-corrected chi connectivity index (χ4v) is 4.67. The number of hydrogen-bond acceptors (Lipinski definition) is 9. The molecule has 0 radical (unpaired) electrons. The van der Waals surface area contributed by atoms with Gasteiger partial charge in [0.1, 0.15) is 22.1 Å². The molecule has 0 aliphatic carbocycles. The summed E-state index contributed by atoms with van der Waals surface area (Å²) in [5.41, 5.74) is 4.87. The van der Waals surface area contributed by atoms with Gasteiger partial charge in [-0.15, -0.1) is 0 Å². The van der Waals surface area contributed by atoms with Crippen molar-refractivity contribution in [2.24, 2.45) is 0 Å². The maximum Gasteiger partial charge on any atom is 0.269 e. The van der Waals surface area contributed by atoms with Crippen LogP contribution in [0.15, 0.2) is 59.5 Å². The van der Waals surface area contributed by atoms with Crippen molar-refractivity contribution in [2.45, 2.75) is 4.90 Å². The number of amides is 2. The molecular formula is C24H23N3O9S. The highest BCUT2D eigenvalue weighted by Gasteiger charge is 2.24. The van der Waals surface area contributed by atoms with Crippen molar-refractivity contribution in [3.05, 3.63) is 65.7 Å². The Balaban J connectivity index is 1.52. The van der Waals surface area contributed by atoms with Gasteiger partial charge < -0.3 is 23.7 Å². The molecule has 4 rings (SSSR count). The predicted octanol–water partition coefficient (Wildman–Crippen LogP) is 2.32. The highest BCUT2D eigenvalue weighted by molar-refractivity contribution is 7.92. The Morgan fingerprint density at radius 3 is 2.08 bits per heavy atom. The van der Waals surface area contributed by atoms with Crippen molar-refractivity contribution >= 4 is 27.5 Å². The van der Waals surface area contributed by atoms with Crippen molar-refractivity contribution in [1.82, 2.24) is 10.9 Å². The number of fused-ring (bicyclic) bond motifs is 1. The van der Waals surface area contributed by atoms with Crippen LogP contribution in [0.2, 0.25) is 0 Å². The third-order valence-corrected chi connectivity index (χ3v) is 6.68. The van der Waals surface area contributed by atoms with E-state index in [0.29, 0.717) is 17.2 Å². The molecule has 1 aliphatic rings. The number of ether oxygens (including phenoxy) is 5. The number of sulfonamides is 1. The Morgan fingerprint density at radius 1 is 0.757 bits per heavy atom. The minimum atomic E-state index is -4.23. The molecule has 0 bridgehead atoms. The molecular weight excluding hydrogens is 506 g/mol. The van der Waals surface area contributed by atoms with E-state index in [4.69, 9.17) is 23.7 Å². The van der Waals surface area contributed by atoms with Crippen LogP contribution in [0, 0.1) is 0 Å². The lowest BCUT2D eigenvalue weighted by atomic mass is 10.2. The van der Waals surface area contributed by atoms with Gasteiger partial charge >= 0.3 is 0 Å². The summed E-state index contributed by atoms with van der Waals surface area (Å²) >= 11 is 0. The number of rotatable bonds is 8. The first-order valence-electron chi connectivity index (χ1n) is 10.7. The van der Waals surface area contributed by atoms with Gasteiger partial charge in [0.2, 0.25) is 6.79 Å². The first-order valence-corrected chi connectivity index (χ1v) is 12.2. The Bertz CT molecular complexity index is 1460. The molecule has 2 amide bonds. The van der Waals surface area contributed by atoms with Gasteiger partial charge in [0, 0.05) is 17.2 Å². The van der Waals surface area contributed by atoms with Gasteiger partial charge in [-0.3, -0.25) is 25.2 Å². The molecule has 0 saturated heterocycles. The van der Waals surface area contributed by atoms with Gasteiger partial charge in [0.05, 0.1) is 27.0 Å². The summed E-state index contributed by atoms with van der Waals surface area (Å²) in [5.74, 6) is 0.247. The van der Waals surface area contributed by atoms with E-state index in [-0.39, 0.29) is 40.0 Å². The molecule has 0 spiro atoms. The number of carbonyl (C=O) groups is 2. The molecule has 37 heavy (non-hydrogen) atoms. The number of methoxy groups -OCH3 is 3. The van der Waals surface area contributed by atoms with E-state index in [1.807, 2.05) is 0 Å². The van der Waals surface area contributed by atoms with E-state index < -0.39 is 21.8 Å². The summed E-state index contributed by atoms with van der Waals surface area (Å²) in [7, 11) is -0.0793. The number of anilines is 1. The summed E-state index contributed by atoms with van der Waals surface area (Å²) in [6, 6.07) is 12.9. The maximum atomic E-state index is 13.2. The largest absolute Gasteiger partial charge is 0.497 e. The second-order valence-electron chi connectivity index (χ2n) is 7.51. The highest BCUT2D eigenvalue weighted by atomic mass is 32.2. The molecule has 12 nitrogen and oxygen atoms in total. The molecule has 3 aromatic rings. The number of hydrogen-bond donors (Lipinski definition) is 3. The smallest absolute Gasteiger partial charge is 0.269 e. The van der Waals surface area contributed by atoms with E-state index >= 15 is 0 Å². The van der Waals surface area contributed by atoms with E-state index in [1.165, 1.54) is 57.7 Å². The molecule has 0 fully saturated rings. The molecule has 3 aromatic carbocycles. The zero-order valence-electron chi connectivity index (χ0n) is 20.0.